The van der Waals surface area contributed by atoms with Crippen LogP contribution in [0.5, 0.6) is 0 Å². The van der Waals surface area contributed by atoms with Crippen molar-refractivity contribution in [2.24, 2.45) is 0 Å². The maximum Gasteiger partial charge on any atom is 0.106 e. The standard InChI is InChI=1S/C11H13ClO2/c12-6-10(13)11(14)9-4-2-7-1-3-8(7)5-9/h2,4-5,10-11,13-14H,1,3,6H2. The molecule has 0 radical (unpaired) electrons. The molecule has 0 spiro atoms. The van der Waals surface area contributed by atoms with Gasteiger partial charge in [-0.3, -0.25) is 0 Å². The minimum Gasteiger partial charge on any atom is -0.389 e. The number of halogens is 1. The predicted octanol–water partition coefficient (Wildman–Crippen LogP) is 1.42. The molecule has 14 heavy (non-hydrogen) atoms. The number of hydrogen-bond acceptors (Lipinski definition) is 2. The molecule has 0 saturated heterocycles. The third-order valence-corrected chi connectivity index (χ3v) is 3.07. The van der Waals surface area contributed by atoms with Crippen LogP contribution in [0.1, 0.15) is 22.8 Å². The van der Waals surface area contributed by atoms with Crippen LogP contribution in [0.2, 0.25) is 0 Å². The van der Waals surface area contributed by atoms with E-state index in [4.69, 9.17) is 11.6 Å². The third-order valence-electron chi connectivity index (χ3n) is 2.76. The molecule has 0 bridgehead atoms. The van der Waals surface area contributed by atoms with Gasteiger partial charge in [0.15, 0.2) is 0 Å². The third kappa shape index (κ3) is 1.65. The van der Waals surface area contributed by atoms with Gasteiger partial charge in [-0.1, -0.05) is 18.2 Å². The van der Waals surface area contributed by atoms with Gasteiger partial charge < -0.3 is 10.2 Å². The second kappa shape index (κ2) is 3.89. The van der Waals surface area contributed by atoms with E-state index < -0.39 is 12.2 Å². The molecular weight excluding hydrogens is 200 g/mol. The summed E-state index contributed by atoms with van der Waals surface area (Å²) in [7, 11) is 0. The summed E-state index contributed by atoms with van der Waals surface area (Å²) in [6.07, 6.45) is 0.463. The number of fused-ring (bicyclic) bond motifs is 1. The molecule has 0 heterocycles. The maximum atomic E-state index is 9.69. The fraction of sp³-hybridized carbons (Fsp3) is 0.455. The second-order valence-corrected chi connectivity index (χ2v) is 4.00. The number of aliphatic hydroxyl groups is 2. The van der Waals surface area contributed by atoms with Crippen molar-refractivity contribution >= 4 is 11.6 Å². The molecule has 2 atom stereocenters. The Morgan fingerprint density at radius 1 is 1.21 bits per heavy atom. The van der Waals surface area contributed by atoms with Gasteiger partial charge in [0.2, 0.25) is 0 Å². The van der Waals surface area contributed by atoms with Crippen molar-refractivity contribution in [2.45, 2.75) is 25.0 Å². The molecule has 76 valence electrons. The Labute approximate surface area is 88.1 Å². The Bertz CT molecular complexity index is 338. The SMILES string of the molecule is OC(CCl)C(O)c1ccc2c(c1)CC2. The summed E-state index contributed by atoms with van der Waals surface area (Å²) in [6.45, 7) is 0. The lowest BCUT2D eigenvalue weighted by molar-refractivity contribution is 0.0326. The lowest BCUT2D eigenvalue weighted by Gasteiger charge is -2.22. The first kappa shape index (κ1) is 9.97. The fourth-order valence-corrected chi connectivity index (χ4v) is 1.87. The van der Waals surface area contributed by atoms with E-state index in [1.54, 1.807) is 0 Å². The van der Waals surface area contributed by atoms with Crippen molar-refractivity contribution in [3.8, 4) is 0 Å². The first-order chi connectivity index (χ1) is 6.72. The first-order valence-electron chi connectivity index (χ1n) is 4.76. The van der Waals surface area contributed by atoms with Crippen LogP contribution in [0.15, 0.2) is 18.2 Å². The van der Waals surface area contributed by atoms with Gasteiger partial charge in [-0.05, 0) is 29.5 Å². The van der Waals surface area contributed by atoms with Crippen LogP contribution in [0.3, 0.4) is 0 Å². The largest absolute Gasteiger partial charge is 0.389 e. The molecule has 0 saturated carbocycles. The van der Waals surface area contributed by atoms with Crippen molar-refractivity contribution < 1.29 is 10.2 Å². The van der Waals surface area contributed by atoms with E-state index in [0.29, 0.717) is 0 Å². The number of aliphatic hydroxyl groups excluding tert-OH is 2. The molecule has 2 unspecified atom stereocenters. The van der Waals surface area contributed by atoms with Gasteiger partial charge in [0, 0.05) is 0 Å². The molecule has 1 aliphatic carbocycles. The minimum atomic E-state index is -0.880. The van der Waals surface area contributed by atoms with Gasteiger partial charge in [0.25, 0.3) is 0 Å². The Morgan fingerprint density at radius 2 is 1.93 bits per heavy atom. The summed E-state index contributed by atoms with van der Waals surface area (Å²) in [4.78, 5) is 0. The van der Waals surface area contributed by atoms with E-state index in [2.05, 4.69) is 0 Å². The molecule has 0 aliphatic heterocycles. The number of benzene rings is 1. The monoisotopic (exact) mass is 212 g/mol. The molecule has 1 aromatic carbocycles. The molecule has 2 rings (SSSR count). The minimum absolute atomic E-state index is 0.0538. The summed E-state index contributed by atoms with van der Waals surface area (Å²) in [5, 5.41) is 19.1. The zero-order valence-corrected chi connectivity index (χ0v) is 8.54. The van der Waals surface area contributed by atoms with E-state index in [-0.39, 0.29) is 5.88 Å². The fourth-order valence-electron chi connectivity index (χ4n) is 1.71. The van der Waals surface area contributed by atoms with E-state index in [9.17, 15) is 10.2 Å². The molecule has 0 aromatic heterocycles. The van der Waals surface area contributed by atoms with Crippen molar-refractivity contribution in [3.63, 3.8) is 0 Å². The zero-order chi connectivity index (χ0) is 10.1. The molecule has 3 heteroatoms. The molecule has 1 aliphatic rings. The average molecular weight is 213 g/mol. The molecule has 0 amide bonds. The van der Waals surface area contributed by atoms with Crippen LogP contribution in [0.25, 0.3) is 0 Å². The first-order valence-corrected chi connectivity index (χ1v) is 5.29. The molecular formula is C11H13ClO2. The quantitative estimate of drug-likeness (QED) is 0.744. The average Bonchev–Trinajstić information content (AvgIpc) is 2.18. The van der Waals surface area contributed by atoms with Crippen LogP contribution in [0.4, 0.5) is 0 Å². The van der Waals surface area contributed by atoms with Gasteiger partial charge in [0.05, 0.1) is 12.0 Å². The van der Waals surface area contributed by atoms with E-state index in [1.165, 1.54) is 11.1 Å². The van der Waals surface area contributed by atoms with Crippen LogP contribution < -0.4 is 0 Å². The van der Waals surface area contributed by atoms with Crippen LogP contribution in [-0.4, -0.2) is 22.2 Å². The molecule has 1 aromatic rings. The van der Waals surface area contributed by atoms with E-state index >= 15 is 0 Å². The van der Waals surface area contributed by atoms with Crippen LogP contribution in [0, 0.1) is 0 Å². The smallest absolute Gasteiger partial charge is 0.106 e. The number of alkyl halides is 1. The van der Waals surface area contributed by atoms with E-state index in [1.807, 2.05) is 18.2 Å². The molecule has 0 fully saturated rings. The lowest BCUT2D eigenvalue weighted by Crippen LogP contribution is -2.20. The summed E-state index contributed by atoms with van der Waals surface area (Å²) in [6, 6.07) is 5.83. The zero-order valence-electron chi connectivity index (χ0n) is 7.78. The summed E-state index contributed by atoms with van der Waals surface area (Å²) in [5.74, 6) is 0.0538. The summed E-state index contributed by atoms with van der Waals surface area (Å²) >= 11 is 5.47. The summed E-state index contributed by atoms with van der Waals surface area (Å²) < 4.78 is 0. The number of hydrogen-bond donors (Lipinski definition) is 2. The van der Waals surface area contributed by atoms with Gasteiger partial charge in [-0.25, -0.2) is 0 Å². The molecule has 2 nitrogen and oxygen atoms in total. The highest BCUT2D eigenvalue weighted by atomic mass is 35.5. The van der Waals surface area contributed by atoms with Crippen molar-refractivity contribution in [1.82, 2.24) is 0 Å². The Hall–Kier alpha value is -0.570. The predicted molar refractivity (Wildman–Crippen MR) is 55.5 cm³/mol. The van der Waals surface area contributed by atoms with E-state index in [0.717, 1.165) is 18.4 Å². The van der Waals surface area contributed by atoms with Crippen LogP contribution >= 0.6 is 11.6 Å². The normalized spacial score (nSPS) is 18.2. The Kier molecular flexibility index (Phi) is 2.77. The van der Waals surface area contributed by atoms with Crippen LogP contribution in [-0.2, 0) is 12.8 Å². The van der Waals surface area contributed by atoms with Gasteiger partial charge >= 0.3 is 0 Å². The Morgan fingerprint density at radius 3 is 2.43 bits per heavy atom. The highest BCUT2D eigenvalue weighted by Gasteiger charge is 2.20. The number of rotatable bonds is 3. The highest BCUT2D eigenvalue weighted by molar-refractivity contribution is 6.18. The van der Waals surface area contributed by atoms with Crippen molar-refractivity contribution in [3.05, 3.63) is 34.9 Å². The van der Waals surface area contributed by atoms with Gasteiger partial charge in [-0.2, -0.15) is 0 Å². The van der Waals surface area contributed by atoms with Gasteiger partial charge in [-0.15, -0.1) is 11.6 Å². The second-order valence-electron chi connectivity index (χ2n) is 3.69. The van der Waals surface area contributed by atoms with Gasteiger partial charge in [0.1, 0.15) is 6.10 Å². The maximum absolute atomic E-state index is 9.69. The van der Waals surface area contributed by atoms with Crippen molar-refractivity contribution in [1.29, 1.82) is 0 Å². The molecule has 2 N–H and O–H groups in total. The highest BCUT2D eigenvalue weighted by Crippen LogP contribution is 2.27. The number of aryl methyl sites for hydroxylation is 2. The van der Waals surface area contributed by atoms with Crippen molar-refractivity contribution in [2.75, 3.05) is 5.88 Å². The Balaban J connectivity index is 2.19. The summed E-state index contributed by atoms with van der Waals surface area (Å²) in [5.41, 5.74) is 3.39. The topological polar surface area (TPSA) is 40.5 Å². The lowest BCUT2D eigenvalue weighted by atomic mass is 9.86.